The number of alkyl halides is 3. The minimum Gasteiger partial charge on any atom is -0.494 e. The van der Waals surface area contributed by atoms with Crippen LogP contribution in [-0.2, 0) is 14.0 Å². The summed E-state index contributed by atoms with van der Waals surface area (Å²) in [6, 6.07) is 4.37. The van der Waals surface area contributed by atoms with Gasteiger partial charge in [-0.05, 0) is 19.9 Å². The van der Waals surface area contributed by atoms with Crippen molar-refractivity contribution in [3.8, 4) is 11.5 Å². The van der Waals surface area contributed by atoms with E-state index in [9.17, 15) is 21.6 Å². The van der Waals surface area contributed by atoms with Crippen LogP contribution in [0.5, 0.6) is 11.5 Å². The Balaban J connectivity index is 2.92. The first kappa shape index (κ1) is 17.8. The van der Waals surface area contributed by atoms with Crippen LogP contribution in [0.2, 0.25) is 0 Å². The van der Waals surface area contributed by atoms with Gasteiger partial charge >= 0.3 is 25.4 Å². The van der Waals surface area contributed by atoms with Crippen LogP contribution in [0.3, 0.4) is 0 Å². The normalized spacial score (nSPS) is 12.2. The van der Waals surface area contributed by atoms with Crippen molar-refractivity contribution in [3.63, 3.8) is 0 Å². The Hall–Kier alpha value is -1.26. The Morgan fingerprint density at radius 3 is 2.29 bits per heavy atom. The van der Waals surface area contributed by atoms with Crippen molar-refractivity contribution in [2.75, 3.05) is 13.2 Å². The van der Waals surface area contributed by atoms with Gasteiger partial charge in [0.15, 0.2) is 0 Å². The highest BCUT2D eigenvalue weighted by Gasteiger charge is 2.47. The fourth-order valence-corrected chi connectivity index (χ4v) is 2.84. The van der Waals surface area contributed by atoms with Crippen LogP contribution < -0.4 is 14.7 Å². The highest BCUT2D eigenvalue weighted by molar-refractivity contribution is 7.88. The van der Waals surface area contributed by atoms with E-state index in [4.69, 9.17) is 9.47 Å². The molecule has 0 unspecified atom stereocenters. The average Bonchev–Trinajstić information content (AvgIpc) is 2.37. The average molecular weight is 342 g/mol. The van der Waals surface area contributed by atoms with E-state index in [1.165, 1.54) is 18.2 Å². The SMILES string of the molecule is CCOc1ccc([Si]OS(=O)(=O)C(F)(F)F)c(OCC)c1. The second-order valence-electron chi connectivity index (χ2n) is 3.61. The molecule has 0 aliphatic carbocycles. The van der Waals surface area contributed by atoms with Crippen LogP contribution in [0.1, 0.15) is 13.8 Å². The van der Waals surface area contributed by atoms with Crippen LogP contribution in [0.15, 0.2) is 18.2 Å². The zero-order chi connectivity index (χ0) is 16.1. The fraction of sp³-hybridized carbons (Fsp3) is 0.455. The molecule has 0 heterocycles. The first-order chi connectivity index (χ1) is 9.71. The highest BCUT2D eigenvalue weighted by atomic mass is 32.2. The van der Waals surface area contributed by atoms with Crippen LogP contribution in [0.4, 0.5) is 13.2 Å². The van der Waals surface area contributed by atoms with Gasteiger partial charge in [0, 0.05) is 11.3 Å². The van der Waals surface area contributed by atoms with E-state index in [1.807, 2.05) is 0 Å². The Bertz CT molecular complexity index is 574. The molecule has 0 spiro atoms. The molecule has 0 fully saturated rings. The second-order valence-corrected chi connectivity index (χ2v) is 6.39. The molecule has 0 bridgehead atoms. The first-order valence-corrected chi connectivity index (χ1v) is 8.18. The molecule has 5 nitrogen and oxygen atoms in total. The Labute approximate surface area is 123 Å². The molecule has 1 aromatic carbocycles. The van der Waals surface area contributed by atoms with Gasteiger partial charge in [-0.2, -0.15) is 21.6 Å². The van der Waals surface area contributed by atoms with Crippen molar-refractivity contribution in [2.45, 2.75) is 19.4 Å². The van der Waals surface area contributed by atoms with Gasteiger partial charge in [0.2, 0.25) is 0 Å². The molecule has 10 heteroatoms. The van der Waals surface area contributed by atoms with Crippen molar-refractivity contribution < 1.29 is 34.9 Å². The zero-order valence-electron chi connectivity index (χ0n) is 11.2. The smallest absolute Gasteiger partial charge is 0.494 e. The summed E-state index contributed by atoms with van der Waals surface area (Å²) in [5, 5.41) is 0.202. The summed E-state index contributed by atoms with van der Waals surface area (Å²) in [5.74, 6) is 0.687. The molecule has 0 saturated carbocycles. The summed E-state index contributed by atoms with van der Waals surface area (Å²) < 4.78 is 72.8. The number of rotatable bonds is 7. The van der Waals surface area contributed by atoms with E-state index in [2.05, 4.69) is 3.87 Å². The lowest BCUT2D eigenvalue weighted by atomic mass is 10.3. The molecule has 0 amide bonds. The predicted octanol–water partition coefficient (Wildman–Crippen LogP) is 1.59. The number of benzene rings is 1. The van der Waals surface area contributed by atoms with E-state index in [0.29, 0.717) is 12.4 Å². The molecule has 0 N–H and O–H groups in total. The third-order valence-electron chi connectivity index (χ3n) is 2.11. The maximum Gasteiger partial charge on any atom is 0.522 e. The lowest BCUT2D eigenvalue weighted by Gasteiger charge is -2.12. The molecule has 21 heavy (non-hydrogen) atoms. The maximum absolute atomic E-state index is 12.2. The largest absolute Gasteiger partial charge is 0.522 e. The number of hydrogen-bond acceptors (Lipinski definition) is 5. The minimum absolute atomic E-state index is 0.202. The topological polar surface area (TPSA) is 61.8 Å². The van der Waals surface area contributed by atoms with Gasteiger partial charge in [-0.1, -0.05) is 6.07 Å². The minimum atomic E-state index is -5.62. The van der Waals surface area contributed by atoms with Gasteiger partial charge < -0.3 is 13.3 Å². The van der Waals surface area contributed by atoms with Gasteiger partial charge in [-0.15, -0.1) is 0 Å². The van der Waals surface area contributed by atoms with E-state index in [1.54, 1.807) is 13.8 Å². The van der Waals surface area contributed by atoms with Crippen molar-refractivity contribution in [1.29, 1.82) is 0 Å². The summed E-state index contributed by atoms with van der Waals surface area (Å²) >= 11 is 0. The Morgan fingerprint density at radius 2 is 1.76 bits per heavy atom. The quantitative estimate of drug-likeness (QED) is 0.556. The summed E-state index contributed by atoms with van der Waals surface area (Å²) in [7, 11) is -6.67. The molecule has 0 aromatic heterocycles. The van der Waals surface area contributed by atoms with Crippen LogP contribution >= 0.6 is 0 Å². The third kappa shape index (κ3) is 4.90. The van der Waals surface area contributed by atoms with E-state index >= 15 is 0 Å². The van der Waals surface area contributed by atoms with Crippen molar-refractivity contribution in [2.24, 2.45) is 0 Å². The van der Waals surface area contributed by atoms with Gasteiger partial charge in [-0.3, -0.25) is 0 Å². The third-order valence-corrected chi connectivity index (χ3v) is 4.52. The lowest BCUT2D eigenvalue weighted by molar-refractivity contribution is -0.0499. The lowest BCUT2D eigenvalue weighted by Crippen LogP contribution is -2.31. The molecule has 2 radical (unpaired) electrons. The molecule has 1 rings (SSSR count). The van der Waals surface area contributed by atoms with Crippen molar-refractivity contribution in [3.05, 3.63) is 18.2 Å². The predicted molar refractivity (Wildman–Crippen MR) is 70.2 cm³/mol. The number of hydrogen-bond donors (Lipinski definition) is 0. The van der Waals surface area contributed by atoms with Crippen molar-refractivity contribution >= 4 is 25.1 Å². The maximum atomic E-state index is 12.2. The zero-order valence-corrected chi connectivity index (χ0v) is 13.0. The van der Waals surface area contributed by atoms with E-state index in [0.717, 1.165) is 0 Å². The molecule has 0 aliphatic rings. The van der Waals surface area contributed by atoms with Gasteiger partial charge in [-0.25, -0.2) is 0 Å². The number of halogens is 3. The first-order valence-electron chi connectivity index (χ1n) is 5.86. The summed E-state index contributed by atoms with van der Waals surface area (Å²) in [4.78, 5) is 0. The van der Waals surface area contributed by atoms with Crippen LogP contribution in [0.25, 0.3) is 0 Å². The molecular formula is C11H13F3O5SSi. The molecule has 0 atom stereocenters. The Kier molecular flexibility index (Phi) is 6.05. The second kappa shape index (κ2) is 7.14. The van der Waals surface area contributed by atoms with Crippen LogP contribution in [0, 0.1) is 0 Å². The van der Waals surface area contributed by atoms with Gasteiger partial charge in [0.05, 0.1) is 13.2 Å². The Morgan fingerprint density at radius 1 is 1.14 bits per heavy atom. The highest BCUT2D eigenvalue weighted by Crippen LogP contribution is 2.24. The summed E-state index contributed by atoms with van der Waals surface area (Å²) in [6.45, 7) is 4.13. The number of ether oxygens (including phenoxy) is 2. The standard InChI is InChI=1S/C11H13F3O5SSi/c1-3-17-8-5-6-10(9(7-8)18-4-2)21-19-20(15,16)11(12,13)14/h5-7H,3-4H2,1-2H3. The molecule has 0 saturated heterocycles. The molecule has 1 aromatic rings. The van der Waals surface area contributed by atoms with Crippen molar-refractivity contribution in [1.82, 2.24) is 0 Å². The fourth-order valence-electron chi connectivity index (χ4n) is 1.27. The monoisotopic (exact) mass is 342 g/mol. The molecule has 118 valence electrons. The molecular weight excluding hydrogens is 329 g/mol. The van der Waals surface area contributed by atoms with Gasteiger partial charge in [0.1, 0.15) is 11.5 Å². The van der Waals surface area contributed by atoms with E-state index < -0.39 is 25.4 Å². The molecule has 0 aliphatic heterocycles. The van der Waals surface area contributed by atoms with Crippen LogP contribution in [-0.4, -0.2) is 36.9 Å². The van der Waals surface area contributed by atoms with E-state index in [-0.39, 0.29) is 17.5 Å². The summed E-state index contributed by atoms with van der Waals surface area (Å²) in [6.07, 6.45) is 0. The summed E-state index contributed by atoms with van der Waals surface area (Å²) in [5.41, 5.74) is -5.45. The van der Waals surface area contributed by atoms with Gasteiger partial charge in [0.25, 0.3) is 0 Å².